The van der Waals surface area contributed by atoms with E-state index in [1.165, 1.54) is 0 Å². The fourth-order valence-electron chi connectivity index (χ4n) is 2.82. The Morgan fingerprint density at radius 3 is 2.88 bits per heavy atom. The van der Waals surface area contributed by atoms with Crippen molar-refractivity contribution in [2.45, 2.75) is 13.3 Å². The first-order valence-corrected chi connectivity index (χ1v) is 8.02. The zero-order chi connectivity index (χ0) is 16.4. The molecule has 3 aromatic rings. The van der Waals surface area contributed by atoms with Crippen molar-refractivity contribution in [3.63, 3.8) is 0 Å². The van der Waals surface area contributed by atoms with Crippen molar-refractivity contribution in [3.8, 4) is 11.3 Å². The molecule has 1 aromatic carbocycles. The Hall–Kier alpha value is -3.14. The van der Waals surface area contributed by atoms with Crippen molar-refractivity contribution >= 4 is 11.5 Å². The SMILES string of the molecule is Cc1nccn2c(NC3=CC=CCC=C3)c(-c3ccccc3)nc12. The molecule has 4 heteroatoms. The van der Waals surface area contributed by atoms with Gasteiger partial charge in [0.05, 0.1) is 5.69 Å². The number of anilines is 1. The smallest absolute Gasteiger partial charge is 0.160 e. The van der Waals surface area contributed by atoms with Crippen LogP contribution in [0.15, 0.2) is 78.8 Å². The predicted molar refractivity (Wildman–Crippen MR) is 97.8 cm³/mol. The number of benzene rings is 1. The number of hydrogen-bond acceptors (Lipinski definition) is 3. The van der Waals surface area contributed by atoms with Crippen LogP contribution in [0.3, 0.4) is 0 Å². The van der Waals surface area contributed by atoms with Crippen LogP contribution in [0.1, 0.15) is 12.1 Å². The van der Waals surface area contributed by atoms with E-state index < -0.39 is 0 Å². The number of fused-ring (bicyclic) bond motifs is 1. The third kappa shape index (κ3) is 2.63. The van der Waals surface area contributed by atoms with E-state index in [1.54, 1.807) is 6.20 Å². The molecule has 2 aromatic heterocycles. The van der Waals surface area contributed by atoms with Gasteiger partial charge in [0.1, 0.15) is 11.5 Å². The van der Waals surface area contributed by atoms with Crippen molar-refractivity contribution in [1.82, 2.24) is 14.4 Å². The molecule has 0 spiro atoms. The number of aromatic nitrogens is 3. The lowest BCUT2D eigenvalue weighted by atomic mass is 10.1. The second-order valence-electron chi connectivity index (χ2n) is 5.69. The number of nitrogens with one attached hydrogen (secondary N) is 1. The van der Waals surface area contributed by atoms with Crippen LogP contribution in [0.4, 0.5) is 5.82 Å². The van der Waals surface area contributed by atoms with E-state index in [2.05, 4.69) is 57.2 Å². The Bertz CT molecular complexity index is 962. The molecule has 24 heavy (non-hydrogen) atoms. The van der Waals surface area contributed by atoms with Crippen LogP contribution in [0.5, 0.6) is 0 Å². The number of rotatable bonds is 3. The molecule has 0 radical (unpaired) electrons. The lowest BCUT2D eigenvalue weighted by Gasteiger charge is -2.09. The number of nitrogens with zero attached hydrogens (tertiary/aromatic N) is 3. The summed E-state index contributed by atoms with van der Waals surface area (Å²) in [5, 5.41) is 3.53. The van der Waals surface area contributed by atoms with Crippen molar-refractivity contribution < 1.29 is 0 Å². The Morgan fingerprint density at radius 2 is 2.00 bits per heavy atom. The molecule has 0 atom stereocenters. The van der Waals surface area contributed by atoms with E-state index in [0.717, 1.165) is 40.5 Å². The summed E-state index contributed by atoms with van der Waals surface area (Å²) in [5.41, 5.74) is 4.82. The lowest BCUT2D eigenvalue weighted by Crippen LogP contribution is -2.02. The van der Waals surface area contributed by atoms with Crippen LogP contribution in [-0.2, 0) is 0 Å². The largest absolute Gasteiger partial charge is 0.339 e. The Balaban J connectivity index is 1.90. The molecule has 0 saturated heterocycles. The van der Waals surface area contributed by atoms with E-state index in [1.807, 2.05) is 31.3 Å². The highest BCUT2D eigenvalue weighted by atomic mass is 15.1. The summed E-state index contributed by atoms with van der Waals surface area (Å²) in [6.07, 6.45) is 15.2. The molecular weight excluding hydrogens is 296 g/mol. The molecule has 0 amide bonds. The zero-order valence-corrected chi connectivity index (χ0v) is 13.5. The number of aryl methyl sites for hydroxylation is 1. The van der Waals surface area contributed by atoms with E-state index in [9.17, 15) is 0 Å². The maximum absolute atomic E-state index is 4.84. The van der Waals surface area contributed by atoms with Crippen LogP contribution in [0.25, 0.3) is 16.9 Å². The second kappa shape index (κ2) is 6.16. The molecule has 118 valence electrons. The molecule has 0 fully saturated rings. The fourth-order valence-corrected chi connectivity index (χ4v) is 2.82. The van der Waals surface area contributed by atoms with Crippen LogP contribution in [0, 0.1) is 6.92 Å². The molecule has 4 nitrogen and oxygen atoms in total. The highest BCUT2D eigenvalue weighted by Gasteiger charge is 2.16. The highest BCUT2D eigenvalue weighted by Crippen LogP contribution is 2.30. The number of hydrogen-bond donors (Lipinski definition) is 1. The zero-order valence-electron chi connectivity index (χ0n) is 13.5. The molecule has 0 aliphatic heterocycles. The van der Waals surface area contributed by atoms with Gasteiger partial charge in [-0.05, 0) is 25.5 Å². The maximum atomic E-state index is 4.84. The van der Waals surface area contributed by atoms with Crippen LogP contribution in [0.2, 0.25) is 0 Å². The van der Waals surface area contributed by atoms with Crippen molar-refractivity contribution in [2.75, 3.05) is 5.32 Å². The Morgan fingerprint density at radius 1 is 1.12 bits per heavy atom. The average Bonchev–Trinajstić information content (AvgIpc) is 2.79. The topological polar surface area (TPSA) is 42.2 Å². The van der Waals surface area contributed by atoms with Gasteiger partial charge in [-0.25, -0.2) is 4.98 Å². The maximum Gasteiger partial charge on any atom is 0.160 e. The van der Waals surface area contributed by atoms with Crippen molar-refractivity contribution in [3.05, 3.63) is 84.5 Å². The molecule has 0 unspecified atom stereocenters. The summed E-state index contributed by atoms with van der Waals surface area (Å²) < 4.78 is 2.06. The fraction of sp³-hybridized carbons (Fsp3) is 0.100. The van der Waals surface area contributed by atoms with Crippen LogP contribution < -0.4 is 5.32 Å². The first-order valence-electron chi connectivity index (χ1n) is 8.02. The Labute approximate surface area is 140 Å². The quantitative estimate of drug-likeness (QED) is 0.773. The van der Waals surface area contributed by atoms with E-state index in [4.69, 9.17) is 4.98 Å². The summed E-state index contributed by atoms with van der Waals surface area (Å²) >= 11 is 0. The normalized spacial score (nSPS) is 13.8. The van der Waals surface area contributed by atoms with Gasteiger partial charge in [0.15, 0.2) is 5.65 Å². The van der Waals surface area contributed by atoms with Gasteiger partial charge in [-0.15, -0.1) is 0 Å². The summed E-state index contributed by atoms with van der Waals surface area (Å²) in [4.78, 5) is 9.21. The molecule has 0 bridgehead atoms. The van der Waals surface area contributed by atoms with Gasteiger partial charge in [-0.3, -0.25) is 9.38 Å². The molecule has 2 heterocycles. The molecule has 1 aliphatic carbocycles. The summed E-state index contributed by atoms with van der Waals surface area (Å²) in [6, 6.07) is 10.2. The van der Waals surface area contributed by atoms with Crippen molar-refractivity contribution in [1.29, 1.82) is 0 Å². The number of allylic oxidation sites excluding steroid dienone is 5. The molecule has 0 saturated carbocycles. The van der Waals surface area contributed by atoms with E-state index in [-0.39, 0.29) is 0 Å². The molecule has 1 aliphatic rings. The van der Waals surface area contributed by atoms with Gasteiger partial charge in [0.25, 0.3) is 0 Å². The van der Waals surface area contributed by atoms with Gasteiger partial charge < -0.3 is 5.32 Å². The summed E-state index contributed by atoms with van der Waals surface area (Å²) in [5.74, 6) is 0.952. The Kier molecular flexibility index (Phi) is 3.71. The molecule has 4 rings (SSSR count). The first-order chi connectivity index (χ1) is 11.8. The lowest BCUT2D eigenvalue weighted by molar-refractivity contribution is 1.08. The van der Waals surface area contributed by atoms with Crippen molar-refractivity contribution in [2.24, 2.45) is 0 Å². The van der Waals surface area contributed by atoms with Gasteiger partial charge >= 0.3 is 0 Å². The van der Waals surface area contributed by atoms with E-state index in [0.29, 0.717) is 0 Å². The van der Waals surface area contributed by atoms with Crippen LogP contribution in [-0.4, -0.2) is 14.4 Å². The molecular formula is C20H18N4. The number of imidazole rings is 1. The minimum absolute atomic E-state index is 0.868. The molecule has 1 N–H and O–H groups in total. The average molecular weight is 314 g/mol. The summed E-state index contributed by atoms with van der Waals surface area (Å²) in [7, 11) is 0. The minimum atomic E-state index is 0.868. The minimum Gasteiger partial charge on any atom is -0.339 e. The van der Waals surface area contributed by atoms with Crippen LogP contribution >= 0.6 is 0 Å². The third-order valence-electron chi connectivity index (χ3n) is 4.01. The summed E-state index contributed by atoms with van der Waals surface area (Å²) in [6.45, 7) is 1.98. The van der Waals surface area contributed by atoms with Gasteiger partial charge in [-0.1, -0.05) is 48.6 Å². The third-order valence-corrected chi connectivity index (χ3v) is 4.01. The van der Waals surface area contributed by atoms with Gasteiger partial charge in [0, 0.05) is 23.7 Å². The highest BCUT2D eigenvalue weighted by molar-refractivity contribution is 5.78. The second-order valence-corrected chi connectivity index (χ2v) is 5.69. The van der Waals surface area contributed by atoms with E-state index >= 15 is 0 Å². The predicted octanol–water partition coefficient (Wildman–Crippen LogP) is 4.52. The standard InChI is InChI=1S/C20H18N4/c1-15-19-23-18(16-9-5-4-6-10-16)20(24(19)14-13-21-15)22-17-11-7-2-3-8-12-17/h2,4-14,22H,3H2,1H3. The van der Waals surface area contributed by atoms with Gasteiger partial charge in [0.2, 0.25) is 0 Å². The van der Waals surface area contributed by atoms with Gasteiger partial charge in [-0.2, -0.15) is 0 Å². The monoisotopic (exact) mass is 314 g/mol. The first kappa shape index (κ1) is 14.5.